The molecule has 118 valence electrons. The molecule has 0 heterocycles. The zero-order chi connectivity index (χ0) is 16.6. The molecule has 0 aromatic heterocycles. The average Bonchev–Trinajstić information content (AvgIpc) is 2.67. The number of hydrogen-bond acceptors (Lipinski definition) is 1. The Bertz CT molecular complexity index is 802. The summed E-state index contributed by atoms with van der Waals surface area (Å²) in [6, 6.07) is 30.0. The Labute approximate surface area is 143 Å². The van der Waals surface area contributed by atoms with Crippen LogP contribution >= 0.6 is 0 Å². The first-order valence-corrected chi connectivity index (χ1v) is 8.22. The van der Waals surface area contributed by atoms with Gasteiger partial charge in [-0.25, -0.2) is 0 Å². The third kappa shape index (κ3) is 4.30. The Balaban J connectivity index is 1.85. The highest BCUT2D eigenvalue weighted by molar-refractivity contribution is 6.08. The molecule has 0 unspecified atom stereocenters. The lowest BCUT2D eigenvalue weighted by molar-refractivity contribution is 0.104. The molecule has 0 radical (unpaired) electrons. The second kappa shape index (κ2) is 8.07. The molecule has 24 heavy (non-hydrogen) atoms. The van der Waals surface area contributed by atoms with Gasteiger partial charge in [-0.15, -0.1) is 0 Å². The molecule has 0 atom stereocenters. The first-order valence-electron chi connectivity index (χ1n) is 8.22. The molecule has 0 spiro atoms. The first kappa shape index (κ1) is 15.9. The van der Waals surface area contributed by atoms with Crippen molar-refractivity contribution in [2.75, 3.05) is 0 Å². The smallest absolute Gasteiger partial charge is 0.186 e. The van der Waals surface area contributed by atoms with Crippen molar-refractivity contribution in [1.29, 1.82) is 0 Å². The van der Waals surface area contributed by atoms with E-state index in [1.807, 2.05) is 54.6 Å². The highest BCUT2D eigenvalue weighted by Gasteiger charge is 2.07. The second-order valence-electron chi connectivity index (χ2n) is 5.75. The van der Waals surface area contributed by atoms with Crippen LogP contribution < -0.4 is 0 Å². The van der Waals surface area contributed by atoms with Crippen LogP contribution in [0.4, 0.5) is 0 Å². The van der Waals surface area contributed by atoms with Gasteiger partial charge in [0.05, 0.1) is 0 Å². The van der Waals surface area contributed by atoms with Crippen molar-refractivity contribution in [3.8, 4) is 0 Å². The van der Waals surface area contributed by atoms with E-state index < -0.39 is 0 Å². The van der Waals surface area contributed by atoms with Gasteiger partial charge in [-0.05, 0) is 35.6 Å². The number of carbonyl (C=O) groups is 1. The molecule has 0 saturated heterocycles. The van der Waals surface area contributed by atoms with Crippen molar-refractivity contribution >= 4 is 11.4 Å². The van der Waals surface area contributed by atoms with Gasteiger partial charge < -0.3 is 0 Å². The van der Waals surface area contributed by atoms with E-state index in [-0.39, 0.29) is 5.78 Å². The molecule has 0 bridgehead atoms. The van der Waals surface area contributed by atoms with E-state index in [4.69, 9.17) is 0 Å². The highest BCUT2D eigenvalue weighted by atomic mass is 16.1. The van der Waals surface area contributed by atoms with Crippen molar-refractivity contribution in [2.45, 2.75) is 12.8 Å². The van der Waals surface area contributed by atoms with Gasteiger partial charge in [-0.2, -0.15) is 0 Å². The number of hydrogen-bond donors (Lipinski definition) is 0. The monoisotopic (exact) mass is 312 g/mol. The summed E-state index contributed by atoms with van der Waals surface area (Å²) < 4.78 is 0. The topological polar surface area (TPSA) is 17.1 Å². The molecular weight excluding hydrogens is 292 g/mol. The molecule has 1 nitrogen and oxygen atoms in total. The molecule has 0 aliphatic rings. The highest BCUT2D eigenvalue weighted by Crippen LogP contribution is 2.21. The summed E-state index contributed by atoms with van der Waals surface area (Å²) in [5, 5.41) is 0. The summed E-state index contributed by atoms with van der Waals surface area (Å²) in [4.78, 5) is 12.6. The van der Waals surface area contributed by atoms with Crippen molar-refractivity contribution < 1.29 is 4.79 Å². The van der Waals surface area contributed by atoms with E-state index in [0.29, 0.717) is 0 Å². The maximum Gasteiger partial charge on any atom is 0.186 e. The Morgan fingerprint density at radius 1 is 0.667 bits per heavy atom. The maximum absolute atomic E-state index is 12.6. The first-order chi connectivity index (χ1) is 11.8. The fraction of sp³-hybridized carbons (Fsp3) is 0.0870. The standard InChI is InChI=1S/C23H20O/c24-23(21-14-8-3-9-15-21)18-22(20-12-6-2-7-13-20)17-16-19-10-4-1-5-11-19/h1-15,18H,16-17H2/b22-18+. The zero-order valence-corrected chi connectivity index (χ0v) is 13.6. The Kier molecular flexibility index (Phi) is 5.36. The maximum atomic E-state index is 12.6. The Morgan fingerprint density at radius 2 is 1.17 bits per heavy atom. The van der Waals surface area contributed by atoms with E-state index in [9.17, 15) is 4.79 Å². The third-order valence-corrected chi connectivity index (χ3v) is 4.03. The molecule has 3 aromatic carbocycles. The Hall–Kier alpha value is -2.93. The van der Waals surface area contributed by atoms with E-state index in [1.54, 1.807) is 6.08 Å². The van der Waals surface area contributed by atoms with Crippen molar-refractivity contribution in [1.82, 2.24) is 0 Å². The third-order valence-electron chi connectivity index (χ3n) is 4.03. The molecule has 0 N–H and O–H groups in total. The summed E-state index contributed by atoms with van der Waals surface area (Å²) in [6.45, 7) is 0. The second-order valence-corrected chi connectivity index (χ2v) is 5.75. The number of rotatable bonds is 6. The molecule has 0 fully saturated rings. The van der Waals surface area contributed by atoms with Gasteiger partial charge in [0, 0.05) is 5.56 Å². The van der Waals surface area contributed by atoms with Gasteiger partial charge in [0.2, 0.25) is 0 Å². The number of benzene rings is 3. The predicted molar refractivity (Wildman–Crippen MR) is 100.0 cm³/mol. The quantitative estimate of drug-likeness (QED) is 0.428. The SMILES string of the molecule is O=C(/C=C(\CCc1ccccc1)c1ccccc1)c1ccccc1. The lowest BCUT2D eigenvalue weighted by Gasteiger charge is -2.08. The lowest BCUT2D eigenvalue weighted by atomic mass is 9.96. The fourth-order valence-electron chi connectivity index (χ4n) is 2.72. The molecular formula is C23H20O. The lowest BCUT2D eigenvalue weighted by Crippen LogP contribution is -1.98. The molecule has 1 heteroatoms. The van der Waals surface area contributed by atoms with Gasteiger partial charge in [0.25, 0.3) is 0 Å². The summed E-state index contributed by atoms with van der Waals surface area (Å²) in [6.07, 6.45) is 3.55. The number of allylic oxidation sites excluding steroid dienone is 2. The molecule has 0 aliphatic heterocycles. The van der Waals surface area contributed by atoms with Crippen molar-refractivity contribution in [3.05, 3.63) is 114 Å². The number of aryl methyl sites for hydroxylation is 1. The molecule has 3 rings (SSSR count). The number of carbonyl (C=O) groups excluding carboxylic acids is 1. The van der Waals surface area contributed by atoms with Crippen LogP contribution in [-0.4, -0.2) is 5.78 Å². The Morgan fingerprint density at radius 3 is 1.75 bits per heavy atom. The van der Waals surface area contributed by atoms with Crippen LogP contribution in [0.2, 0.25) is 0 Å². The van der Waals surface area contributed by atoms with Crippen molar-refractivity contribution in [2.24, 2.45) is 0 Å². The normalized spacial score (nSPS) is 11.2. The van der Waals surface area contributed by atoms with Crippen LogP contribution in [0.15, 0.2) is 97.1 Å². The van der Waals surface area contributed by atoms with Gasteiger partial charge in [0.15, 0.2) is 5.78 Å². The molecule has 0 aliphatic carbocycles. The van der Waals surface area contributed by atoms with Crippen LogP contribution in [0.25, 0.3) is 5.57 Å². The minimum Gasteiger partial charge on any atom is -0.289 e. The summed E-state index contributed by atoms with van der Waals surface area (Å²) in [5.74, 6) is 0.0579. The number of ketones is 1. The largest absolute Gasteiger partial charge is 0.289 e. The van der Waals surface area contributed by atoms with Gasteiger partial charge >= 0.3 is 0 Å². The van der Waals surface area contributed by atoms with Gasteiger partial charge in [0.1, 0.15) is 0 Å². The predicted octanol–water partition coefficient (Wildman–Crippen LogP) is 5.59. The van der Waals surface area contributed by atoms with E-state index in [2.05, 4.69) is 36.4 Å². The van der Waals surface area contributed by atoms with E-state index in [0.717, 1.165) is 29.5 Å². The zero-order valence-electron chi connectivity index (χ0n) is 13.6. The minimum atomic E-state index is 0.0579. The van der Waals surface area contributed by atoms with E-state index in [1.165, 1.54) is 5.56 Å². The van der Waals surface area contributed by atoms with Crippen LogP contribution in [0.5, 0.6) is 0 Å². The van der Waals surface area contributed by atoms with Gasteiger partial charge in [-0.3, -0.25) is 4.79 Å². The summed E-state index contributed by atoms with van der Waals surface area (Å²) in [5.41, 5.74) is 4.20. The fourth-order valence-corrected chi connectivity index (χ4v) is 2.72. The van der Waals surface area contributed by atoms with Crippen LogP contribution in [-0.2, 0) is 6.42 Å². The van der Waals surface area contributed by atoms with Crippen molar-refractivity contribution in [3.63, 3.8) is 0 Å². The minimum absolute atomic E-state index is 0.0579. The van der Waals surface area contributed by atoms with Gasteiger partial charge in [-0.1, -0.05) is 91.0 Å². The summed E-state index contributed by atoms with van der Waals surface area (Å²) >= 11 is 0. The molecule has 3 aromatic rings. The van der Waals surface area contributed by atoms with Crippen LogP contribution in [0.1, 0.15) is 27.9 Å². The van der Waals surface area contributed by atoms with Crippen LogP contribution in [0.3, 0.4) is 0 Å². The van der Waals surface area contributed by atoms with E-state index >= 15 is 0 Å². The average molecular weight is 312 g/mol. The summed E-state index contributed by atoms with van der Waals surface area (Å²) in [7, 11) is 0. The molecule has 0 amide bonds. The van der Waals surface area contributed by atoms with Crippen LogP contribution in [0, 0.1) is 0 Å². The molecule has 0 saturated carbocycles.